The van der Waals surface area contributed by atoms with Crippen molar-refractivity contribution >= 4 is 39.1 Å². The number of benzene rings is 2. The minimum atomic E-state index is -0.280. The molecule has 2 nitrogen and oxygen atoms in total. The van der Waals surface area contributed by atoms with E-state index in [9.17, 15) is 0 Å². The molecule has 0 bridgehead atoms. The van der Waals surface area contributed by atoms with Gasteiger partial charge in [-0.25, -0.2) is 0 Å². The van der Waals surface area contributed by atoms with Crippen molar-refractivity contribution in [3.05, 3.63) is 62.0 Å². The van der Waals surface area contributed by atoms with Gasteiger partial charge in [-0.2, -0.15) is 0 Å². The molecule has 0 heterocycles. The number of ether oxygens (including phenoxy) is 1. The number of methoxy groups -OCH3 is 1. The van der Waals surface area contributed by atoms with Crippen LogP contribution in [0.5, 0.6) is 5.75 Å². The zero-order valence-electron chi connectivity index (χ0n) is 10.2. The highest BCUT2D eigenvalue weighted by molar-refractivity contribution is 9.10. The first-order valence-electron chi connectivity index (χ1n) is 5.57. The lowest BCUT2D eigenvalue weighted by atomic mass is 9.99. The van der Waals surface area contributed by atoms with Crippen molar-refractivity contribution in [2.75, 3.05) is 7.11 Å². The Kier molecular flexibility index (Phi) is 4.74. The fourth-order valence-electron chi connectivity index (χ4n) is 1.80. The monoisotopic (exact) mass is 359 g/mol. The number of hydrogen-bond donors (Lipinski definition) is 1. The second-order valence-corrected chi connectivity index (χ2v) is 5.74. The Morgan fingerprint density at radius 2 is 1.89 bits per heavy atom. The van der Waals surface area contributed by atoms with Crippen LogP contribution in [-0.2, 0) is 0 Å². The Labute approximate surface area is 130 Å². The summed E-state index contributed by atoms with van der Waals surface area (Å²) in [7, 11) is 1.58. The van der Waals surface area contributed by atoms with Crippen molar-refractivity contribution in [2.24, 2.45) is 5.73 Å². The molecule has 0 fully saturated rings. The van der Waals surface area contributed by atoms with Gasteiger partial charge in [0.2, 0.25) is 0 Å². The Morgan fingerprint density at radius 1 is 1.16 bits per heavy atom. The van der Waals surface area contributed by atoms with Gasteiger partial charge in [-0.05, 0) is 35.4 Å². The SMILES string of the molecule is COc1cc(C(N)c2ccc(Cl)cc2Br)ccc1Cl. The highest BCUT2D eigenvalue weighted by atomic mass is 79.9. The zero-order valence-corrected chi connectivity index (χ0v) is 13.3. The quantitative estimate of drug-likeness (QED) is 0.852. The molecule has 0 spiro atoms. The molecule has 2 aromatic rings. The van der Waals surface area contributed by atoms with E-state index in [1.165, 1.54) is 0 Å². The molecule has 0 aliphatic rings. The molecule has 0 radical (unpaired) electrons. The molecule has 0 aliphatic heterocycles. The second kappa shape index (κ2) is 6.14. The molecule has 100 valence electrons. The van der Waals surface area contributed by atoms with Crippen LogP contribution >= 0.6 is 39.1 Å². The van der Waals surface area contributed by atoms with Gasteiger partial charge in [0, 0.05) is 9.50 Å². The molecule has 19 heavy (non-hydrogen) atoms. The highest BCUT2D eigenvalue weighted by Crippen LogP contribution is 2.33. The molecule has 5 heteroatoms. The van der Waals surface area contributed by atoms with E-state index in [0.29, 0.717) is 15.8 Å². The van der Waals surface area contributed by atoms with Gasteiger partial charge in [0.05, 0.1) is 18.2 Å². The van der Waals surface area contributed by atoms with Crippen LogP contribution in [0.25, 0.3) is 0 Å². The van der Waals surface area contributed by atoms with Gasteiger partial charge >= 0.3 is 0 Å². The first-order valence-corrected chi connectivity index (χ1v) is 7.11. The van der Waals surface area contributed by atoms with E-state index in [2.05, 4.69) is 15.9 Å². The highest BCUT2D eigenvalue weighted by Gasteiger charge is 2.14. The van der Waals surface area contributed by atoms with Crippen LogP contribution in [0.1, 0.15) is 17.2 Å². The van der Waals surface area contributed by atoms with Crippen LogP contribution in [0.15, 0.2) is 40.9 Å². The summed E-state index contributed by atoms with van der Waals surface area (Å²) in [6.45, 7) is 0. The van der Waals surface area contributed by atoms with E-state index < -0.39 is 0 Å². The number of nitrogens with two attached hydrogens (primary N) is 1. The normalized spacial score (nSPS) is 12.3. The third-order valence-electron chi connectivity index (χ3n) is 2.83. The molecule has 0 saturated carbocycles. The fraction of sp³-hybridized carbons (Fsp3) is 0.143. The molecule has 0 aromatic heterocycles. The fourth-order valence-corrected chi connectivity index (χ4v) is 2.93. The zero-order chi connectivity index (χ0) is 14.0. The van der Waals surface area contributed by atoms with Crippen LogP contribution in [0.4, 0.5) is 0 Å². The Balaban J connectivity index is 2.40. The summed E-state index contributed by atoms with van der Waals surface area (Å²) >= 11 is 15.4. The van der Waals surface area contributed by atoms with Gasteiger partial charge in [0.15, 0.2) is 0 Å². The van der Waals surface area contributed by atoms with Crippen molar-refractivity contribution in [3.63, 3.8) is 0 Å². The molecule has 2 rings (SSSR count). The predicted octanol–water partition coefficient (Wildman–Crippen LogP) is 4.81. The molecule has 0 aliphatic carbocycles. The van der Waals surface area contributed by atoms with Crippen molar-refractivity contribution in [1.82, 2.24) is 0 Å². The molecule has 1 unspecified atom stereocenters. The summed E-state index contributed by atoms with van der Waals surface area (Å²) in [6.07, 6.45) is 0. The van der Waals surface area contributed by atoms with Gasteiger partial charge in [0.1, 0.15) is 5.75 Å². The van der Waals surface area contributed by atoms with E-state index >= 15 is 0 Å². The largest absolute Gasteiger partial charge is 0.495 e. The standard InChI is InChI=1S/C14H12BrCl2NO/c1-19-13-6-8(2-5-12(13)17)14(18)10-4-3-9(16)7-11(10)15/h2-7,14H,18H2,1H3. The molecule has 0 amide bonds. The summed E-state index contributed by atoms with van der Waals surface area (Å²) in [6, 6.07) is 10.8. The predicted molar refractivity (Wildman–Crippen MR) is 83.2 cm³/mol. The molecule has 0 saturated heterocycles. The number of rotatable bonds is 3. The van der Waals surface area contributed by atoms with Crippen LogP contribution in [0.2, 0.25) is 10.0 Å². The van der Waals surface area contributed by atoms with Gasteiger partial charge in [-0.1, -0.05) is 51.3 Å². The van der Waals surface area contributed by atoms with Gasteiger partial charge < -0.3 is 10.5 Å². The maximum atomic E-state index is 6.27. The summed E-state index contributed by atoms with van der Waals surface area (Å²) in [5.74, 6) is 0.611. The van der Waals surface area contributed by atoms with Gasteiger partial charge in [0.25, 0.3) is 0 Å². The number of halogens is 3. The number of hydrogen-bond acceptors (Lipinski definition) is 2. The molecular weight excluding hydrogens is 349 g/mol. The summed E-state index contributed by atoms with van der Waals surface area (Å²) in [5.41, 5.74) is 8.14. The summed E-state index contributed by atoms with van der Waals surface area (Å²) in [4.78, 5) is 0. The second-order valence-electron chi connectivity index (χ2n) is 4.04. The average molecular weight is 361 g/mol. The van der Waals surface area contributed by atoms with Crippen LogP contribution < -0.4 is 10.5 Å². The maximum absolute atomic E-state index is 6.27. The Morgan fingerprint density at radius 3 is 2.53 bits per heavy atom. The van der Waals surface area contributed by atoms with E-state index in [0.717, 1.165) is 15.6 Å². The van der Waals surface area contributed by atoms with Crippen molar-refractivity contribution in [2.45, 2.75) is 6.04 Å². The minimum Gasteiger partial charge on any atom is -0.495 e. The lowest BCUT2D eigenvalue weighted by Crippen LogP contribution is -2.12. The Bertz CT molecular complexity index is 604. The van der Waals surface area contributed by atoms with Crippen molar-refractivity contribution in [3.8, 4) is 5.75 Å². The first-order chi connectivity index (χ1) is 9.02. The molecular formula is C14H12BrCl2NO. The molecule has 2 N–H and O–H groups in total. The summed E-state index contributed by atoms with van der Waals surface area (Å²) < 4.78 is 6.08. The Hall–Kier alpha value is -0.740. The lowest BCUT2D eigenvalue weighted by Gasteiger charge is -2.16. The third-order valence-corrected chi connectivity index (χ3v) is 4.07. The van der Waals surface area contributed by atoms with Crippen LogP contribution in [-0.4, -0.2) is 7.11 Å². The van der Waals surface area contributed by atoms with E-state index in [1.54, 1.807) is 13.2 Å². The van der Waals surface area contributed by atoms with Crippen molar-refractivity contribution in [1.29, 1.82) is 0 Å². The van der Waals surface area contributed by atoms with Crippen LogP contribution in [0.3, 0.4) is 0 Å². The average Bonchev–Trinajstić information content (AvgIpc) is 2.38. The minimum absolute atomic E-state index is 0.280. The van der Waals surface area contributed by atoms with Gasteiger partial charge in [-0.15, -0.1) is 0 Å². The maximum Gasteiger partial charge on any atom is 0.137 e. The van der Waals surface area contributed by atoms with Gasteiger partial charge in [-0.3, -0.25) is 0 Å². The van der Waals surface area contributed by atoms with Crippen molar-refractivity contribution < 1.29 is 4.74 Å². The van der Waals surface area contributed by atoms with E-state index in [4.69, 9.17) is 33.7 Å². The van der Waals surface area contributed by atoms with E-state index in [-0.39, 0.29) is 6.04 Å². The smallest absolute Gasteiger partial charge is 0.137 e. The topological polar surface area (TPSA) is 35.2 Å². The van der Waals surface area contributed by atoms with E-state index in [1.807, 2.05) is 30.3 Å². The summed E-state index contributed by atoms with van der Waals surface area (Å²) in [5, 5.41) is 1.23. The third kappa shape index (κ3) is 3.23. The first kappa shape index (κ1) is 14.7. The van der Waals surface area contributed by atoms with Crippen LogP contribution in [0, 0.1) is 0 Å². The lowest BCUT2D eigenvalue weighted by molar-refractivity contribution is 0.414. The molecule has 2 aromatic carbocycles. The molecule has 1 atom stereocenters.